The van der Waals surface area contributed by atoms with Crippen molar-refractivity contribution in [2.24, 2.45) is 5.10 Å². The fourth-order valence-electron chi connectivity index (χ4n) is 1.95. The molecule has 134 valence electrons. The second-order valence-electron chi connectivity index (χ2n) is 5.16. The number of nitrogens with one attached hydrogen (secondary N) is 2. The van der Waals surface area contributed by atoms with Gasteiger partial charge in [0.2, 0.25) is 0 Å². The molecule has 0 aliphatic heterocycles. The molecule has 0 fully saturated rings. The summed E-state index contributed by atoms with van der Waals surface area (Å²) in [7, 11) is 0. The SMILES string of the molecule is C=CCOc1cccc(/C=N\NC(=O)CNC(=O)c2cccc(Cl)c2)c1. The van der Waals surface area contributed by atoms with Gasteiger partial charge in [-0.2, -0.15) is 5.10 Å². The largest absolute Gasteiger partial charge is 0.490 e. The van der Waals surface area contributed by atoms with Gasteiger partial charge >= 0.3 is 0 Å². The number of benzene rings is 2. The molecule has 6 nitrogen and oxygen atoms in total. The van der Waals surface area contributed by atoms with Gasteiger partial charge in [-0.15, -0.1) is 0 Å². The van der Waals surface area contributed by atoms with Gasteiger partial charge in [0.15, 0.2) is 0 Å². The van der Waals surface area contributed by atoms with E-state index in [0.717, 1.165) is 5.56 Å². The Labute approximate surface area is 156 Å². The summed E-state index contributed by atoms with van der Waals surface area (Å²) in [5, 5.41) is 6.80. The van der Waals surface area contributed by atoms with E-state index in [2.05, 4.69) is 22.4 Å². The van der Waals surface area contributed by atoms with E-state index in [1.54, 1.807) is 30.3 Å². The summed E-state index contributed by atoms with van der Waals surface area (Å²) in [5.41, 5.74) is 3.48. The third-order valence-corrected chi connectivity index (χ3v) is 3.36. The molecule has 0 aliphatic rings. The highest BCUT2D eigenvalue weighted by molar-refractivity contribution is 6.30. The van der Waals surface area contributed by atoms with E-state index in [-0.39, 0.29) is 6.54 Å². The van der Waals surface area contributed by atoms with Crippen molar-refractivity contribution in [3.05, 3.63) is 77.3 Å². The molecule has 2 rings (SSSR count). The first-order valence-corrected chi connectivity index (χ1v) is 8.15. The number of hydrazone groups is 1. The molecule has 0 aliphatic carbocycles. The molecule has 0 heterocycles. The third kappa shape index (κ3) is 6.41. The van der Waals surface area contributed by atoms with Crippen LogP contribution in [0.5, 0.6) is 5.75 Å². The lowest BCUT2D eigenvalue weighted by Gasteiger charge is -2.05. The van der Waals surface area contributed by atoms with Gasteiger partial charge in [0.25, 0.3) is 11.8 Å². The minimum atomic E-state index is -0.448. The molecule has 0 spiro atoms. The van der Waals surface area contributed by atoms with Crippen LogP contribution in [0, 0.1) is 0 Å². The number of hydrogen-bond acceptors (Lipinski definition) is 4. The predicted molar refractivity (Wildman–Crippen MR) is 102 cm³/mol. The summed E-state index contributed by atoms with van der Waals surface area (Å²) in [6.45, 7) is 3.79. The van der Waals surface area contributed by atoms with Crippen LogP contribution in [-0.4, -0.2) is 31.2 Å². The lowest BCUT2D eigenvalue weighted by atomic mass is 10.2. The smallest absolute Gasteiger partial charge is 0.259 e. The van der Waals surface area contributed by atoms with Crippen LogP contribution in [-0.2, 0) is 4.79 Å². The zero-order chi connectivity index (χ0) is 18.8. The van der Waals surface area contributed by atoms with Crippen LogP contribution in [0.4, 0.5) is 0 Å². The second kappa shape index (κ2) is 10.0. The topological polar surface area (TPSA) is 79.8 Å². The highest BCUT2D eigenvalue weighted by Crippen LogP contribution is 2.12. The summed E-state index contributed by atoms with van der Waals surface area (Å²) in [5.74, 6) is -0.164. The van der Waals surface area contributed by atoms with E-state index in [4.69, 9.17) is 16.3 Å². The first-order valence-electron chi connectivity index (χ1n) is 7.78. The molecular weight excluding hydrogens is 354 g/mol. The molecule has 0 aromatic heterocycles. The van der Waals surface area contributed by atoms with Gasteiger partial charge in [0, 0.05) is 10.6 Å². The standard InChI is InChI=1S/C19H18ClN3O3/c1-2-9-26-17-8-3-5-14(10-17)12-22-23-18(24)13-21-19(25)15-6-4-7-16(20)11-15/h2-8,10-12H,1,9,13H2,(H,21,25)(H,23,24)/b22-12-. The quantitative estimate of drug-likeness (QED) is 0.425. The number of ether oxygens (including phenoxy) is 1. The Morgan fingerprint density at radius 1 is 1.19 bits per heavy atom. The number of amides is 2. The predicted octanol–water partition coefficient (Wildman–Crippen LogP) is 2.78. The minimum Gasteiger partial charge on any atom is -0.490 e. The van der Waals surface area contributed by atoms with Gasteiger partial charge in [-0.05, 0) is 35.9 Å². The van der Waals surface area contributed by atoms with Gasteiger partial charge in [-0.1, -0.05) is 42.5 Å². The molecule has 0 saturated heterocycles. The normalized spacial score (nSPS) is 10.3. The average molecular weight is 372 g/mol. The molecule has 26 heavy (non-hydrogen) atoms. The maximum atomic E-state index is 11.9. The highest BCUT2D eigenvalue weighted by Gasteiger charge is 2.07. The van der Waals surface area contributed by atoms with Crippen LogP contribution in [0.3, 0.4) is 0 Å². The van der Waals surface area contributed by atoms with Crippen molar-refractivity contribution in [2.45, 2.75) is 0 Å². The number of carbonyl (C=O) groups is 2. The Kier molecular flexibility index (Phi) is 7.39. The molecule has 2 amide bonds. The van der Waals surface area contributed by atoms with E-state index in [1.807, 2.05) is 18.2 Å². The first-order chi connectivity index (χ1) is 12.6. The van der Waals surface area contributed by atoms with Crippen LogP contribution in [0.2, 0.25) is 5.02 Å². The molecule has 2 aromatic rings. The number of halogens is 1. The van der Waals surface area contributed by atoms with E-state index < -0.39 is 11.8 Å². The van der Waals surface area contributed by atoms with Crippen molar-refractivity contribution >= 4 is 29.6 Å². The van der Waals surface area contributed by atoms with Gasteiger partial charge in [0.05, 0.1) is 12.8 Å². The maximum Gasteiger partial charge on any atom is 0.259 e. The van der Waals surface area contributed by atoms with Gasteiger partial charge in [0.1, 0.15) is 12.4 Å². The van der Waals surface area contributed by atoms with Crippen molar-refractivity contribution in [3.8, 4) is 5.75 Å². The lowest BCUT2D eigenvalue weighted by molar-refractivity contribution is -0.120. The molecule has 0 bridgehead atoms. The van der Waals surface area contributed by atoms with Crippen LogP contribution in [0.1, 0.15) is 15.9 Å². The highest BCUT2D eigenvalue weighted by atomic mass is 35.5. The summed E-state index contributed by atoms with van der Waals surface area (Å²) in [6.07, 6.45) is 3.14. The fraction of sp³-hybridized carbons (Fsp3) is 0.105. The van der Waals surface area contributed by atoms with Crippen molar-refractivity contribution in [1.82, 2.24) is 10.7 Å². The first kappa shape index (κ1) is 19.2. The zero-order valence-corrected chi connectivity index (χ0v) is 14.7. The Hall–Kier alpha value is -3.12. The van der Waals surface area contributed by atoms with Crippen molar-refractivity contribution in [2.75, 3.05) is 13.2 Å². The molecule has 0 saturated carbocycles. The molecule has 0 unspecified atom stereocenters. The Morgan fingerprint density at radius 3 is 2.77 bits per heavy atom. The van der Waals surface area contributed by atoms with E-state index in [9.17, 15) is 9.59 Å². The molecule has 7 heteroatoms. The second-order valence-corrected chi connectivity index (χ2v) is 5.59. The van der Waals surface area contributed by atoms with Crippen molar-refractivity contribution in [1.29, 1.82) is 0 Å². The van der Waals surface area contributed by atoms with Crippen LogP contribution in [0.25, 0.3) is 0 Å². The minimum absolute atomic E-state index is 0.203. The van der Waals surface area contributed by atoms with Gasteiger partial charge in [-0.25, -0.2) is 5.43 Å². The summed E-state index contributed by atoms with van der Waals surface area (Å²) < 4.78 is 5.41. The van der Waals surface area contributed by atoms with Gasteiger partial charge < -0.3 is 10.1 Å². The fourth-order valence-corrected chi connectivity index (χ4v) is 2.14. The van der Waals surface area contributed by atoms with E-state index in [0.29, 0.717) is 22.9 Å². The average Bonchev–Trinajstić information content (AvgIpc) is 2.65. The lowest BCUT2D eigenvalue weighted by Crippen LogP contribution is -2.34. The summed E-state index contributed by atoms with van der Waals surface area (Å²) in [4.78, 5) is 23.7. The monoisotopic (exact) mass is 371 g/mol. The number of rotatable bonds is 8. The Balaban J connectivity index is 1.80. The van der Waals surface area contributed by atoms with E-state index in [1.165, 1.54) is 12.3 Å². The number of carbonyl (C=O) groups excluding carboxylic acids is 2. The molecule has 2 N–H and O–H groups in total. The molecule has 2 aromatic carbocycles. The van der Waals surface area contributed by atoms with Crippen LogP contribution in [0.15, 0.2) is 66.3 Å². The maximum absolute atomic E-state index is 11.9. The van der Waals surface area contributed by atoms with Crippen molar-refractivity contribution in [3.63, 3.8) is 0 Å². The number of hydrogen-bond donors (Lipinski definition) is 2. The van der Waals surface area contributed by atoms with Gasteiger partial charge in [-0.3, -0.25) is 9.59 Å². The van der Waals surface area contributed by atoms with Crippen molar-refractivity contribution < 1.29 is 14.3 Å². The van der Waals surface area contributed by atoms with E-state index >= 15 is 0 Å². The number of nitrogens with zero attached hydrogens (tertiary/aromatic N) is 1. The Bertz CT molecular complexity index is 821. The summed E-state index contributed by atoms with van der Waals surface area (Å²) in [6, 6.07) is 13.7. The molecular formula is C19H18ClN3O3. The molecule has 0 atom stereocenters. The summed E-state index contributed by atoms with van der Waals surface area (Å²) >= 11 is 5.83. The third-order valence-electron chi connectivity index (χ3n) is 3.13. The van der Waals surface area contributed by atoms with Crippen LogP contribution >= 0.6 is 11.6 Å². The zero-order valence-electron chi connectivity index (χ0n) is 13.9. The molecule has 0 radical (unpaired) electrons. The van der Waals surface area contributed by atoms with Crippen LogP contribution < -0.4 is 15.5 Å². The Morgan fingerprint density at radius 2 is 2.00 bits per heavy atom.